The highest BCUT2D eigenvalue weighted by Gasteiger charge is 2.12. The molecule has 19 heavy (non-hydrogen) atoms. The predicted molar refractivity (Wildman–Crippen MR) is 77.1 cm³/mol. The van der Waals surface area contributed by atoms with E-state index < -0.39 is 0 Å². The van der Waals surface area contributed by atoms with Gasteiger partial charge in [-0.25, -0.2) is 4.39 Å². The van der Waals surface area contributed by atoms with Crippen LogP contribution in [0.2, 0.25) is 5.02 Å². The van der Waals surface area contributed by atoms with Crippen LogP contribution in [0.1, 0.15) is 5.56 Å². The first kappa shape index (κ1) is 14.7. The van der Waals surface area contributed by atoms with Crippen LogP contribution in [0, 0.1) is 5.82 Å². The fourth-order valence-electron chi connectivity index (χ4n) is 2.20. The van der Waals surface area contributed by atoms with Gasteiger partial charge in [0.2, 0.25) is 0 Å². The van der Waals surface area contributed by atoms with Crippen LogP contribution in [-0.2, 0) is 6.54 Å². The molecule has 1 saturated heterocycles. The smallest absolute Gasteiger partial charge is 0.129 e. The van der Waals surface area contributed by atoms with Crippen molar-refractivity contribution < 1.29 is 4.39 Å². The number of nitrogens with one attached hydrogen (secondary N) is 1. The first-order valence-electron chi connectivity index (χ1n) is 6.71. The maximum atomic E-state index is 13.5. The van der Waals surface area contributed by atoms with Gasteiger partial charge in [0.1, 0.15) is 5.82 Å². The van der Waals surface area contributed by atoms with Crippen molar-refractivity contribution >= 4 is 11.6 Å². The molecule has 2 rings (SSSR count). The van der Waals surface area contributed by atoms with E-state index in [0.717, 1.165) is 39.3 Å². The molecule has 106 valence electrons. The van der Waals surface area contributed by atoms with Crippen molar-refractivity contribution in [3.8, 4) is 0 Å². The molecule has 1 aromatic carbocycles. The van der Waals surface area contributed by atoms with Crippen molar-refractivity contribution in [3.63, 3.8) is 0 Å². The van der Waals surface area contributed by atoms with Crippen LogP contribution >= 0.6 is 11.6 Å². The SMILES string of the molecule is CN1CCN(CCNCc2ccc(Cl)cc2F)CC1. The summed E-state index contributed by atoms with van der Waals surface area (Å²) in [5.74, 6) is -0.236. The number of rotatable bonds is 5. The fraction of sp³-hybridized carbons (Fsp3) is 0.571. The number of likely N-dealkylation sites (N-methyl/N-ethyl adjacent to an activating group) is 1. The number of hydrogen-bond donors (Lipinski definition) is 1. The third-order valence-electron chi connectivity index (χ3n) is 3.53. The Labute approximate surface area is 119 Å². The van der Waals surface area contributed by atoms with Crippen LogP contribution in [-0.4, -0.2) is 56.1 Å². The van der Waals surface area contributed by atoms with Gasteiger partial charge in [0, 0.05) is 56.4 Å². The Morgan fingerprint density at radius 1 is 1.26 bits per heavy atom. The molecule has 0 bridgehead atoms. The van der Waals surface area contributed by atoms with E-state index in [4.69, 9.17) is 11.6 Å². The Bertz CT molecular complexity index is 406. The summed E-state index contributed by atoms with van der Waals surface area (Å²) in [6.07, 6.45) is 0. The fourth-order valence-corrected chi connectivity index (χ4v) is 2.36. The summed E-state index contributed by atoms with van der Waals surface area (Å²) in [5.41, 5.74) is 0.669. The third kappa shape index (κ3) is 4.73. The van der Waals surface area contributed by atoms with E-state index in [-0.39, 0.29) is 5.82 Å². The molecule has 1 heterocycles. The molecule has 0 spiro atoms. The van der Waals surface area contributed by atoms with Gasteiger partial charge in [-0.1, -0.05) is 17.7 Å². The maximum Gasteiger partial charge on any atom is 0.129 e. The number of benzene rings is 1. The van der Waals surface area contributed by atoms with Crippen LogP contribution in [0.5, 0.6) is 0 Å². The summed E-state index contributed by atoms with van der Waals surface area (Å²) in [6.45, 7) is 6.95. The highest BCUT2D eigenvalue weighted by atomic mass is 35.5. The van der Waals surface area contributed by atoms with E-state index in [1.54, 1.807) is 12.1 Å². The van der Waals surface area contributed by atoms with Crippen molar-refractivity contribution in [3.05, 3.63) is 34.6 Å². The molecular weight excluding hydrogens is 265 g/mol. The molecule has 0 aliphatic carbocycles. The van der Waals surface area contributed by atoms with Crippen molar-refractivity contribution in [1.29, 1.82) is 0 Å². The van der Waals surface area contributed by atoms with Crippen molar-refractivity contribution in [2.75, 3.05) is 46.3 Å². The summed E-state index contributed by atoms with van der Waals surface area (Å²) >= 11 is 5.72. The standard InChI is InChI=1S/C14H21ClFN3/c1-18-6-8-19(9-7-18)5-4-17-11-12-2-3-13(15)10-14(12)16/h2-3,10,17H,4-9,11H2,1H3. The highest BCUT2D eigenvalue weighted by Crippen LogP contribution is 2.14. The molecule has 1 aliphatic rings. The summed E-state index contributed by atoms with van der Waals surface area (Å²) in [6, 6.07) is 4.82. The Morgan fingerprint density at radius 3 is 2.68 bits per heavy atom. The molecule has 0 atom stereocenters. The molecule has 1 N–H and O–H groups in total. The van der Waals surface area contributed by atoms with Gasteiger partial charge >= 0.3 is 0 Å². The monoisotopic (exact) mass is 285 g/mol. The Balaban J connectivity index is 1.66. The Kier molecular flexibility index (Phi) is 5.58. The van der Waals surface area contributed by atoms with Crippen LogP contribution < -0.4 is 5.32 Å². The molecule has 1 aliphatic heterocycles. The van der Waals surface area contributed by atoms with Gasteiger partial charge in [-0.15, -0.1) is 0 Å². The molecule has 0 radical (unpaired) electrons. The van der Waals surface area contributed by atoms with E-state index in [2.05, 4.69) is 22.2 Å². The summed E-state index contributed by atoms with van der Waals surface area (Å²) < 4.78 is 13.5. The van der Waals surface area contributed by atoms with Gasteiger partial charge < -0.3 is 10.2 Å². The van der Waals surface area contributed by atoms with E-state index in [0.29, 0.717) is 17.1 Å². The lowest BCUT2D eigenvalue weighted by Gasteiger charge is -2.32. The number of hydrogen-bond acceptors (Lipinski definition) is 3. The molecule has 0 amide bonds. The number of halogens is 2. The van der Waals surface area contributed by atoms with Crippen LogP contribution in [0.15, 0.2) is 18.2 Å². The van der Waals surface area contributed by atoms with E-state index in [1.165, 1.54) is 6.07 Å². The molecular formula is C14H21ClFN3. The minimum atomic E-state index is -0.236. The average Bonchev–Trinajstić information content (AvgIpc) is 2.39. The largest absolute Gasteiger partial charge is 0.311 e. The average molecular weight is 286 g/mol. The van der Waals surface area contributed by atoms with Crippen molar-refractivity contribution in [2.24, 2.45) is 0 Å². The van der Waals surface area contributed by atoms with Gasteiger partial charge in [-0.3, -0.25) is 4.90 Å². The number of piperazine rings is 1. The van der Waals surface area contributed by atoms with Gasteiger partial charge in [-0.2, -0.15) is 0 Å². The first-order valence-corrected chi connectivity index (χ1v) is 7.08. The lowest BCUT2D eigenvalue weighted by Crippen LogP contribution is -2.46. The van der Waals surface area contributed by atoms with Gasteiger partial charge in [0.25, 0.3) is 0 Å². The number of nitrogens with zero attached hydrogens (tertiary/aromatic N) is 2. The second kappa shape index (κ2) is 7.20. The zero-order valence-electron chi connectivity index (χ0n) is 11.3. The molecule has 0 unspecified atom stereocenters. The molecule has 1 fully saturated rings. The minimum Gasteiger partial charge on any atom is -0.311 e. The molecule has 3 nitrogen and oxygen atoms in total. The zero-order valence-corrected chi connectivity index (χ0v) is 12.1. The van der Waals surface area contributed by atoms with Gasteiger partial charge in [0.05, 0.1) is 0 Å². The summed E-state index contributed by atoms with van der Waals surface area (Å²) in [4.78, 5) is 4.78. The predicted octanol–water partition coefficient (Wildman–Crippen LogP) is 1.82. The maximum absolute atomic E-state index is 13.5. The normalized spacial score (nSPS) is 17.8. The van der Waals surface area contributed by atoms with Crippen molar-refractivity contribution in [2.45, 2.75) is 6.54 Å². The van der Waals surface area contributed by atoms with Crippen LogP contribution in [0.4, 0.5) is 4.39 Å². The van der Waals surface area contributed by atoms with Gasteiger partial charge in [-0.05, 0) is 19.2 Å². The highest BCUT2D eigenvalue weighted by molar-refractivity contribution is 6.30. The lowest BCUT2D eigenvalue weighted by molar-refractivity contribution is 0.154. The lowest BCUT2D eigenvalue weighted by atomic mass is 10.2. The van der Waals surface area contributed by atoms with Crippen LogP contribution in [0.25, 0.3) is 0 Å². The van der Waals surface area contributed by atoms with Crippen LogP contribution in [0.3, 0.4) is 0 Å². The quantitative estimate of drug-likeness (QED) is 0.833. The Hall–Kier alpha value is -0.680. The van der Waals surface area contributed by atoms with Crippen molar-refractivity contribution in [1.82, 2.24) is 15.1 Å². The molecule has 0 aromatic heterocycles. The summed E-state index contributed by atoms with van der Waals surface area (Å²) in [7, 11) is 2.15. The van der Waals surface area contributed by atoms with E-state index in [1.807, 2.05) is 0 Å². The third-order valence-corrected chi connectivity index (χ3v) is 3.77. The molecule has 1 aromatic rings. The van der Waals surface area contributed by atoms with E-state index in [9.17, 15) is 4.39 Å². The minimum absolute atomic E-state index is 0.236. The molecule has 0 saturated carbocycles. The summed E-state index contributed by atoms with van der Waals surface area (Å²) in [5, 5.41) is 3.73. The second-order valence-electron chi connectivity index (χ2n) is 5.06. The zero-order chi connectivity index (χ0) is 13.7. The van der Waals surface area contributed by atoms with Gasteiger partial charge in [0.15, 0.2) is 0 Å². The second-order valence-corrected chi connectivity index (χ2v) is 5.49. The first-order chi connectivity index (χ1) is 9.15. The van der Waals surface area contributed by atoms with E-state index >= 15 is 0 Å². The molecule has 5 heteroatoms. The Morgan fingerprint density at radius 2 is 2.00 bits per heavy atom. The topological polar surface area (TPSA) is 18.5 Å².